The first-order valence-electron chi connectivity index (χ1n) is 26.1. The third-order valence-electron chi connectivity index (χ3n) is 11.0. The van der Waals surface area contributed by atoms with Gasteiger partial charge in [0.15, 0.2) is 6.10 Å². The number of likely N-dealkylation sites (N-methyl/N-ethyl adjacent to an activating group) is 1. The lowest BCUT2D eigenvalue weighted by Gasteiger charge is -2.25. The minimum absolute atomic E-state index is 0.137. The Balaban J connectivity index is 4.24. The number of hydrogen-bond acceptors (Lipinski definition) is 7. The Hall–Kier alpha value is -3.27. The first-order valence-corrected chi connectivity index (χ1v) is 26.1. The molecular formula is C56H98NO8+. The van der Waals surface area contributed by atoms with Crippen LogP contribution < -0.4 is 0 Å². The number of unbranched alkanes of at least 4 members (excludes halogenated alkanes) is 20. The van der Waals surface area contributed by atoms with E-state index in [0.717, 1.165) is 51.4 Å². The van der Waals surface area contributed by atoms with Crippen molar-refractivity contribution in [1.29, 1.82) is 0 Å². The quantitative estimate of drug-likeness (QED) is 0.0211. The molecule has 374 valence electrons. The van der Waals surface area contributed by atoms with E-state index in [-0.39, 0.29) is 38.6 Å². The number of carboxylic acid groups (broad SMARTS) is 1. The van der Waals surface area contributed by atoms with E-state index in [1.54, 1.807) is 0 Å². The molecule has 0 radical (unpaired) electrons. The molecule has 9 nitrogen and oxygen atoms in total. The zero-order chi connectivity index (χ0) is 47.7. The van der Waals surface area contributed by atoms with E-state index < -0.39 is 24.3 Å². The number of carbonyl (C=O) groups is 3. The zero-order valence-corrected chi connectivity index (χ0v) is 42.4. The second-order valence-corrected chi connectivity index (χ2v) is 18.4. The summed E-state index contributed by atoms with van der Waals surface area (Å²) < 4.78 is 22.7. The summed E-state index contributed by atoms with van der Waals surface area (Å²) in [4.78, 5) is 37.2. The number of aliphatic carboxylic acids is 1. The van der Waals surface area contributed by atoms with Crippen molar-refractivity contribution < 1.29 is 42.9 Å². The highest BCUT2D eigenvalue weighted by Gasteiger charge is 2.25. The minimum Gasteiger partial charge on any atom is -0.477 e. The maximum atomic E-state index is 12.7. The highest BCUT2D eigenvalue weighted by molar-refractivity contribution is 5.71. The Labute approximate surface area is 398 Å². The average molecular weight is 913 g/mol. The van der Waals surface area contributed by atoms with Gasteiger partial charge in [0, 0.05) is 12.8 Å². The van der Waals surface area contributed by atoms with E-state index in [2.05, 4.69) is 74.6 Å². The van der Waals surface area contributed by atoms with E-state index >= 15 is 0 Å². The van der Waals surface area contributed by atoms with Crippen molar-refractivity contribution in [2.75, 3.05) is 47.5 Å². The number of rotatable bonds is 47. The normalized spacial score (nSPS) is 13.4. The molecule has 1 N–H and O–H groups in total. The van der Waals surface area contributed by atoms with Crippen molar-refractivity contribution in [2.24, 2.45) is 0 Å². The molecule has 2 atom stereocenters. The van der Waals surface area contributed by atoms with Gasteiger partial charge in [-0.1, -0.05) is 196 Å². The standard InChI is InChI=1S/C56H97NO8/c1-6-8-10-12-14-16-18-20-21-22-23-24-25-26-27-28-29-30-31-32-33-35-36-38-40-42-44-46-53(58)63-50-52(51-64-56(55(60)61)62-49-48-57(3,4)5)65-54(59)47-45-43-41-39-37-34-19-17-15-13-11-9-7-2/h9,11,15,17-18,20,22-23,34,37,41,43,52,56H,6-8,10,12-14,16,19,21,24-33,35-36,38-40,42,44-51H2,1-5H3/p+1/b11-9-,17-15-,20-18-,23-22-,37-34-,43-41-. The van der Waals surface area contributed by atoms with Gasteiger partial charge in [-0.3, -0.25) is 9.59 Å². The number of esters is 2. The van der Waals surface area contributed by atoms with Crippen molar-refractivity contribution in [3.63, 3.8) is 0 Å². The second kappa shape index (κ2) is 47.2. The molecule has 0 saturated heterocycles. The largest absolute Gasteiger partial charge is 0.477 e. The molecule has 0 aliphatic carbocycles. The lowest BCUT2D eigenvalue weighted by Crippen LogP contribution is -2.40. The third kappa shape index (κ3) is 48.5. The molecule has 0 aromatic heterocycles. The first kappa shape index (κ1) is 61.7. The molecule has 0 aromatic carbocycles. The van der Waals surface area contributed by atoms with E-state index in [1.807, 2.05) is 33.3 Å². The molecule has 2 unspecified atom stereocenters. The van der Waals surface area contributed by atoms with Crippen LogP contribution in [-0.2, 0) is 33.3 Å². The average Bonchev–Trinajstić information content (AvgIpc) is 3.27. The van der Waals surface area contributed by atoms with Crippen LogP contribution in [0.1, 0.15) is 206 Å². The zero-order valence-electron chi connectivity index (χ0n) is 42.4. The molecule has 0 bridgehead atoms. The summed E-state index contributed by atoms with van der Waals surface area (Å²) in [5.74, 6) is -2.12. The molecule has 0 fully saturated rings. The summed E-state index contributed by atoms with van der Waals surface area (Å²) >= 11 is 0. The van der Waals surface area contributed by atoms with Crippen molar-refractivity contribution in [2.45, 2.75) is 219 Å². The van der Waals surface area contributed by atoms with Gasteiger partial charge in [-0.05, 0) is 70.6 Å². The predicted octanol–water partition coefficient (Wildman–Crippen LogP) is 14.7. The van der Waals surface area contributed by atoms with Gasteiger partial charge in [0.25, 0.3) is 6.29 Å². The molecule has 0 heterocycles. The fraction of sp³-hybridized carbons (Fsp3) is 0.732. The lowest BCUT2D eigenvalue weighted by atomic mass is 10.0. The Kier molecular flexibility index (Phi) is 44.9. The second-order valence-electron chi connectivity index (χ2n) is 18.4. The van der Waals surface area contributed by atoms with Crippen LogP contribution in [0.4, 0.5) is 0 Å². The Morgan fingerprint density at radius 2 is 0.908 bits per heavy atom. The van der Waals surface area contributed by atoms with E-state index in [9.17, 15) is 19.5 Å². The van der Waals surface area contributed by atoms with E-state index in [4.69, 9.17) is 18.9 Å². The van der Waals surface area contributed by atoms with Crippen molar-refractivity contribution in [3.8, 4) is 0 Å². The van der Waals surface area contributed by atoms with Crippen LogP contribution in [0.2, 0.25) is 0 Å². The maximum Gasteiger partial charge on any atom is 0.361 e. The molecule has 0 aliphatic heterocycles. The Morgan fingerprint density at radius 1 is 0.477 bits per heavy atom. The topological polar surface area (TPSA) is 108 Å². The van der Waals surface area contributed by atoms with Crippen molar-refractivity contribution >= 4 is 17.9 Å². The van der Waals surface area contributed by atoms with Gasteiger partial charge in [0.2, 0.25) is 0 Å². The molecular weight excluding hydrogens is 815 g/mol. The van der Waals surface area contributed by atoms with E-state index in [0.29, 0.717) is 17.4 Å². The first-order chi connectivity index (χ1) is 31.6. The fourth-order valence-corrected chi connectivity index (χ4v) is 6.94. The molecule has 0 aliphatic rings. The highest BCUT2D eigenvalue weighted by Crippen LogP contribution is 2.15. The summed E-state index contributed by atoms with van der Waals surface area (Å²) in [7, 11) is 5.93. The van der Waals surface area contributed by atoms with Gasteiger partial charge < -0.3 is 28.5 Å². The van der Waals surface area contributed by atoms with Crippen molar-refractivity contribution in [1.82, 2.24) is 0 Å². The number of nitrogens with zero attached hydrogens (tertiary/aromatic N) is 1. The van der Waals surface area contributed by atoms with Gasteiger partial charge in [-0.2, -0.15) is 0 Å². The monoisotopic (exact) mass is 913 g/mol. The van der Waals surface area contributed by atoms with Crippen LogP contribution in [0.5, 0.6) is 0 Å². The molecule has 0 rings (SSSR count). The predicted molar refractivity (Wildman–Crippen MR) is 272 cm³/mol. The fourth-order valence-electron chi connectivity index (χ4n) is 6.94. The van der Waals surface area contributed by atoms with Crippen LogP contribution in [0.25, 0.3) is 0 Å². The molecule has 0 saturated carbocycles. The van der Waals surface area contributed by atoms with Gasteiger partial charge in [0.1, 0.15) is 13.2 Å². The number of carboxylic acids is 1. The SMILES string of the molecule is CC/C=C\C/C=C\C/C=C\C/C=C\CCC(=O)OC(COC(=O)CCCCCCCCCCCCCCCCC/C=C\C/C=C\CCCCCCC)COC(OCC[N+](C)(C)C)C(=O)O. The summed E-state index contributed by atoms with van der Waals surface area (Å²) in [5.41, 5.74) is 0. The molecule has 65 heavy (non-hydrogen) atoms. The van der Waals surface area contributed by atoms with Gasteiger partial charge >= 0.3 is 17.9 Å². The van der Waals surface area contributed by atoms with Crippen LogP contribution in [0.15, 0.2) is 72.9 Å². The number of ether oxygens (including phenoxy) is 4. The number of carbonyl (C=O) groups excluding carboxylic acids is 2. The Morgan fingerprint density at radius 3 is 1.37 bits per heavy atom. The van der Waals surface area contributed by atoms with Gasteiger partial charge in [-0.15, -0.1) is 0 Å². The number of quaternary nitrogens is 1. The highest BCUT2D eigenvalue weighted by atomic mass is 16.7. The van der Waals surface area contributed by atoms with Crippen LogP contribution in [0.3, 0.4) is 0 Å². The van der Waals surface area contributed by atoms with Gasteiger partial charge in [-0.25, -0.2) is 4.79 Å². The molecule has 0 amide bonds. The summed E-state index contributed by atoms with van der Waals surface area (Å²) in [6.07, 6.45) is 57.2. The van der Waals surface area contributed by atoms with Crippen molar-refractivity contribution in [3.05, 3.63) is 72.9 Å². The molecule has 0 aromatic rings. The van der Waals surface area contributed by atoms with Crippen LogP contribution in [-0.4, -0.2) is 87.4 Å². The summed E-state index contributed by atoms with van der Waals surface area (Å²) in [6, 6.07) is 0. The van der Waals surface area contributed by atoms with Crippen LogP contribution in [0, 0.1) is 0 Å². The lowest BCUT2D eigenvalue weighted by molar-refractivity contribution is -0.870. The maximum absolute atomic E-state index is 12.7. The molecule has 0 spiro atoms. The Bertz CT molecular complexity index is 1290. The number of hydrogen-bond donors (Lipinski definition) is 1. The third-order valence-corrected chi connectivity index (χ3v) is 11.0. The van der Waals surface area contributed by atoms with Gasteiger partial charge in [0.05, 0.1) is 34.4 Å². The summed E-state index contributed by atoms with van der Waals surface area (Å²) in [5, 5.41) is 9.65. The summed E-state index contributed by atoms with van der Waals surface area (Å²) in [6.45, 7) is 4.66. The molecule has 9 heteroatoms. The smallest absolute Gasteiger partial charge is 0.361 e. The van der Waals surface area contributed by atoms with Crippen LogP contribution >= 0.6 is 0 Å². The minimum atomic E-state index is -1.53. The number of allylic oxidation sites excluding steroid dienone is 12. The van der Waals surface area contributed by atoms with E-state index in [1.165, 1.54) is 122 Å².